The summed E-state index contributed by atoms with van der Waals surface area (Å²) in [7, 11) is 0. The number of alkyl halides is 2. The van der Waals surface area contributed by atoms with Crippen molar-refractivity contribution in [2.75, 3.05) is 6.54 Å². The number of hydrogen-bond donors (Lipinski definition) is 1. The molecule has 2 aromatic rings. The van der Waals surface area contributed by atoms with E-state index in [4.69, 9.17) is 0 Å². The lowest BCUT2D eigenvalue weighted by molar-refractivity contribution is -0.0506. The number of hydrogen-bond acceptors (Lipinski definition) is 4. The molecule has 0 saturated carbocycles. The van der Waals surface area contributed by atoms with Gasteiger partial charge in [-0.15, -0.1) is 0 Å². The van der Waals surface area contributed by atoms with Crippen LogP contribution in [0.4, 0.5) is 8.78 Å². The van der Waals surface area contributed by atoms with Gasteiger partial charge >= 0.3 is 6.61 Å². The first kappa shape index (κ1) is 15.3. The molecule has 4 nitrogen and oxygen atoms in total. The molecule has 1 aromatic carbocycles. The van der Waals surface area contributed by atoms with Crippen molar-refractivity contribution in [1.82, 2.24) is 15.3 Å². The molecule has 0 aliphatic carbocycles. The summed E-state index contributed by atoms with van der Waals surface area (Å²) in [5.74, 6) is 0.157. The van der Waals surface area contributed by atoms with Gasteiger partial charge in [-0.2, -0.15) is 8.78 Å². The Hall–Kier alpha value is -2.08. The predicted molar refractivity (Wildman–Crippen MR) is 75.2 cm³/mol. The zero-order chi connectivity index (χ0) is 15.1. The molecular weight excluding hydrogens is 276 g/mol. The van der Waals surface area contributed by atoms with Gasteiger partial charge in [0.15, 0.2) is 0 Å². The normalized spacial score (nSPS) is 12.4. The fourth-order valence-electron chi connectivity index (χ4n) is 2.08. The maximum absolute atomic E-state index is 12.6. The number of rotatable bonds is 7. The minimum Gasteiger partial charge on any atom is -0.434 e. The Bertz CT molecular complexity index is 552. The number of para-hydroxylation sites is 1. The van der Waals surface area contributed by atoms with E-state index in [9.17, 15) is 8.78 Å². The maximum Gasteiger partial charge on any atom is 0.387 e. The van der Waals surface area contributed by atoms with Crippen molar-refractivity contribution < 1.29 is 13.5 Å². The number of nitrogens with zero attached hydrogens (tertiary/aromatic N) is 2. The van der Waals surface area contributed by atoms with Crippen molar-refractivity contribution in [3.8, 4) is 5.75 Å². The number of aromatic nitrogens is 2. The molecule has 1 unspecified atom stereocenters. The van der Waals surface area contributed by atoms with Crippen molar-refractivity contribution >= 4 is 0 Å². The summed E-state index contributed by atoms with van der Waals surface area (Å²) < 4.78 is 29.7. The van der Waals surface area contributed by atoms with Crippen molar-refractivity contribution in [3.63, 3.8) is 0 Å². The lowest BCUT2D eigenvalue weighted by Crippen LogP contribution is -2.24. The van der Waals surface area contributed by atoms with Crippen LogP contribution < -0.4 is 10.1 Å². The Morgan fingerprint density at radius 3 is 2.57 bits per heavy atom. The molecule has 0 radical (unpaired) electrons. The molecule has 6 heteroatoms. The minimum atomic E-state index is -2.86. The smallest absolute Gasteiger partial charge is 0.387 e. The van der Waals surface area contributed by atoms with Gasteiger partial charge in [-0.05, 0) is 19.0 Å². The second-order valence-corrected chi connectivity index (χ2v) is 4.48. The highest BCUT2D eigenvalue weighted by Crippen LogP contribution is 2.30. The third kappa shape index (κ3) is 4.19. The van der Waals surface area contributed by atoms with Crippen LogP contribution >= 0.6 is 0 Å². The van der Waals surface area contributed by atoms with Crippen LogP contribution in [0.25, 0.3) is 0 Å². The Labute approximate surface area is 122 Å². The van der Waals surface area contributed by atoms with Crippen LogP contribution in [0.5, 0.6) is 5.75 Å². The topological polar surface area (TPSA) is 47.0 Å². The SMILES string of the molecule is CCCNC(c1cncnc1)c1ccccc1OC(F)F. The Morgan fingerprint density at radius 2 is 1.90 bits per heavy atom. The molecule has 0 saturated heterocycles. The zero-order valence-corrected chi connectivity index (χ0v) is 11.7. The Balaban J connectivity index is 2.37. The first-order valence-electron chi connectivity index (χ1n) is 6.74. The van der Waals surface area contributed by atoms with E-state index in [0.29, 0.717) is 5.56 Å². The van der Waals surface area contributed by atoms with Crippen molar-refractivity contribution in [2.24, 2.45) is 0 Å². The molecule has 1 heterocycles. The molecule has 1 N–H and O–H groups in total. The van der Waals surface area contributed by atoms with Crippen LogP contribution in [-0.4, -0.2) is 23.1 Å². The molecule has 0 aliphatic rings. The lowest BCUT2D eigenvalue weighted by atomic mass is 10.00. The molecule has 1 atom stereocenters. The second-order valence-electron chi connectivity index (χ2n) is 4.48. The zero-order valence-electron chi connectivity index (χ0n) is 11.7. The molecule has 0 fully saturated rings. The molecule has 112 valence electrons. The molecule has 0 spiro atoms. The molecule has 0 aliphatic heterocycles. The van der Waals surface area contributed by atoms with E-state index in [-0.39, 0.29) is 11.8 Å². The Morgan fingerprint density at radius 1 is 1.19 bits per heavy atom. The van der Waals surface area contributed by atoms with Crippen LogP contribution in [0.15, 0.2) is 43.0 Å². The van der Waals surface area contributed by atoms with E-state index in [0.717, 1.165) is 18.5 Å². The van der Waals surface area contributed by atoms with Gasteiger partial charge in [0.2, 0.25) is 0 Å². The van der Waals surface area contributed by atoms with Gasteiger partial charge in [-0.3, -0.25) is 0 Å². The molecule has 0 bridgehead atoms. The predicted octanol–water partition coefficient (Wildman–Crippen LogP) is 3.17. The number of nitrogens with one attached hydrogen (secondary N) is 1. The van der Waals surface area contributed by atoms with E-state index >= 15 is 0 Å². The summed E-state index contributed by atoms with van der Waals surface area (Å²) in [4.78, 5) is 7.98. The highest BCUT2D eigenvalue weighted by Gasteiger charge is 2.19. The number of benzene rings is 1. The van der Waals surface area contributed by atoms with Gasteiger partial charge in [-0.1, -0.05) is 25.1 Å². The summed E-state index contributed by atoms with van der Waals surface area (Å²) in [6, 6.07) is 6.46. The standard InChI is InChI=1S/C15H17F2N3O/c1-2-7-20-14(11-8-18-10-19-9-11)12-5-3-4-6-13(12)21-15(16)17/h3-6,8-10,14-15,20H,2,7H2,1H3. The van der Waals surface area contributed by atoms with Crippen molar-refractivity contribution in [1.29, 1.82) is 0 Å². The number of halogens is 2. The van der Waals surface area contributed by atoms with Gasteiger partial charge in [-0.25, -0.2) is 9.97 Å². The Kier molecular flexibility index (Phi) is 5.57. The van der Waals surface area contributed by atoms with Crippen LogP contribution in [0.2, 0.25) is 0 Å². The first-order chi connectivity index (χ1) is 10.2. The molecule has 2 rings (SSSR count). The van der Waals surface area contributed by atoms with Crippen molar-refractivity contribution in [2.45, 2.75) is 26.0 Å². The maximum atomic E-state index is 12.6. The van der Waals surface area contributed by atoms with E-state index < -0.39 is 6.61 Å². The molecular formula is C15H17F2N3O. The third-order valence-electron chi connectivity index (χ3n) is 2.96. The fourth-order valence-corrected chi connectivity index (χ4v) is 2.08. The summed E-state index contributed by atoms with van der Waals surface area (Å²) in [5.41, 5.74) is 1.44. The van der Waals surface area contributed by atoms with E-state index in [1.54, 1.807) is 30.6 Å². The monoisotopic (exact) mass is 293 g/mol. The fraction of sp³-hybridized carbons (Fsp3) is 0.333. The van der Waals surface area contributed by atoms with Gasteiger partial charge in [0.1, 0.15) is 12.1 Å². The lowest BCUT2D eigenvalue weighted by Gasteiger charge is -2.21. The highest BCUT2D eigenvalue weighted by molar-refractivity contribution is 5.40. The summed E-state index contributed by atoms with van der Waals surface area (Å²) in [5, 5.41) is 3.31. The van der Waals surface area contributed by atoms with E-state index in [2.05, 4.69) is 20.0 Å². The van der Waals surface area contributed by atoms with Gasteiger partial charge in [0, 0.05) is 23.5 Å². The second kappa shape index (κ2) is 7.64. The number of ether oxygens (including phenoxy) is 1. The molecule has 1 aromatic heterocycles. The molecule has 21 heavy (non-hydrogen) atoms. The van der Waals surface area contributed by atoms with Crippen LogP contribution in [0.3, 0.4) is 0 Å². The first-order valence-corrected chi connectivity index (χ1v) is 6.74. The van der Waals surface area contributed by atoms with Gasteiger partial charge < -0.3 is 10.1 Å². The van der Waals surface area contributed by atoms with Crippen LogP contribution in [0.1, 0.15) is 30.5 Å². The van der Waals surface area contributed by atoms with Crippen molar-refractivity contribution in [3.05, 3.63) is 54.1 Å². The quantitative estimate of drug-likeness (QED) is 0.852. The van der Waals surface area contributed by atoms with Gasteiger partial charge in [0.05, 0.1) is 6.04 Å². The highest BCUT2D eigenvalue weighted by atomic mass is 19.3. The van der Waals surface area contributed by atoms with Crippen LogP contribution in [0, 0.1) is 0 Å². The third-order valence-corrected chi connectivity index (χ3v) is 2.96. The average Bonchev–Trinajstić information content (AvgIpc) is 2.50. The summed E-state index contributed by atoms with van der Waals surface area (Å²) in [6.45, 7) is -0.0830. The largest absolute Gasteiger partial charge is 0.434 e. The van der Waals surface area contributed by atoms with E-state index in [1.165, 1.54) is 12.4 Å². The van der Waals surface area contributed by atoms with Crippen LogP contribution in [-0.2, 0) is 0 Å². The summed E-state index contributed by atoms with van der Waals surface area (Å²) in [6.07, 6.45) is 5.68. The van der Waals surface area contributed by atoms with Gasteiger partial charge in [0.25, 0.3) is 0 Å². The molecule has 0 amide bonds. The average molecular weight is 293 g/mol. The van der Waals surface area contributed by atoms with E-state index in [1.807, 2.05) is 6.92 Å². The minimum absolute atomic E-state index is 0.157. The summed E-state index contributed by atoms with van der Waals surface area (Å²) >= 11 is 0.